The third-order valence-electron chi connectivity index (χ3n) is 3.40. The summed E-state index contributed by atoms with van der Waals surface area (Å²) >= 11 is 0. The number of aliphatic hydroxyl groups is 2. The molecule has 0 radical (unpaired) electrons. The zero-order valence-corrected chi connectivity index (χ0v) is 10.2. The van der Waals surface area contributed by atoms with E-state index in [0.717, 1.165) is 31.2 Å². The van der Waals surface area contributed by atoms with E-state index in [4.69, 9.17) is 4.74 Å². The van der Waals surface area contributed by atoms with Gasteiger partial charge in [0, 0.05) is 5.56 Å². The Labute approximate surface area is 102 Å². The monoisotopic (exact) mass is 236 g/mol. The third-order valence-corrected chi connectivity index (χ3v) is 3.40. The summed E-state index contributed by atoms with van der Waals surface area (Å²) < 4.78 is 5.68. The molecule has 2 N–H and O–H groups in total. The molecule has 0 unspecified atom stereocenters. The van der Waals surface area contributed by atoms with Crippen LogP contribution >= 0.6 is 0 Å². The minimum atomic E-state index is -0.675. The largest absolute Gasteiger partial charge is 0.490 e. The van der Waals surface area contributed by atoms with Gasteiger partial charge in [0.1, 0.15) is 12.4 Å². The van der Waals surface area contributed by atoms with Crippen molar-refractivity contribution in [3.63, 3.8) is 0 Å². The van der Waals surface area contributed by atoms with Crippen molar-refractivity contribution in [1.29, 1.82) is 0 Å². The molecule has 1 aromatic rings. The Bertz CT molecular complexity index is 367. The van der Waals surface area contributed by atoms with Gasteiger partial charge in [-0.15, -0.1) is 0 Å². The predicted molar refractivity (Wildman–Crippen MR) is 66.0 cm³/mol. The Balaban J connectivity index is 2.03. The smallest absolute Gasteiger partial charge is 0.125 e. The van der Waals surface area contributed by atoms with Gasteiger partial charge in [-0.25, -0.2) is 0 Å². The van der Waals surface area contributed by atoms with E-state index >= 15 is 0 Å². The summed E-state index contributed by atoms with van der Waals surface area (Å²) in [6.07, 6.45) is 3.20. The highest BCUT2D eigenvalue weighted by Crippen LogP contribution is 2.31. The number of ether oxygens (including phenoxy) is 1. The van der Waals surface area contributed by atoms with Crippen LogP contribution in [0, 0.1) is 0 Å². The van der Waals surface area contributed by atoms with Crippen LogP contribution in [0.1, 0.15) is 44.3 Å². The van der Waals surface area contributed by atoms with Crippen molar-refractivity contribution in [1.82, 2.24) is 0 Å². The van der Waals surface area contributed by atoms with Crippen molar-refractivity contribution in [3.8, 4) is 5.75 Å². The van der Waals surface area contributed by atoms with Crippen LogP contribution in [0.4, 0.5) is 0 Å². The summed E-state index contributed by atoms with van der Waals surface area (Å²) in [5.41, 5.74) is 0.0975. The first-order valence-corrected chi connectivity index (χ1v) is 6.23. The number of benzene rings is 1. The molecule has 2 rings (SSSR count). The van der Waals surface area contributed by atoms with E-state index in [1.165, 1.54) is 0 Å². The molecule has 1 aliphatic carbocycles. The summed E-state index contributed by atoms with van der Waals surface area (Å²) in [5, 5.41) is 19.8. The molecule has 1 aromatic carbocycles. The van der Waals surface area contributed by atoms with Crippen molar-refractivity contribution in [2.45, 2.75) is 44.3 Å². The molecule has 1 fully saturated rings. The Morgan fingerprint density at radius 1 is 1.29 bits per heavy atom. The molecule has 1 atom stereocenters. The average molecular weight is 236 g/mol. The van der Waals surface area contributed by atoms with Crippen molar-refractivity contribution in [2.75, 3.05) is 6.61 Å². The number of para-hydroxylation sites is 1. The zero-order valence-electron chi connectivity index (χ0n) is 10.2. The Kier molecular flexibility index (Phi) is 3.69. The minimum absolute atomic E-state index is 0.316. The van der Waals surface area contributed by atoms with Gasteiger partial charge in [-0.05, 0) is 25.8 Å². The normalized spacial score (nSPS) is 20.2. The van der Waals surface area contributed by atoms with Crippen LogP contribution in [-0.4, -0.2) is 22.4 Å². The van der Waals surface area contributed by atoms with Gasteiger partial charge in [0.25, 0.3) is 0 Å². The molecule has 0 aromatic heterocycles. The lowest BCUT2D eigenvalue weighted by Crippen LogP contribution is -2.32. The second kappa shape index (κ2) is 5.07. The molecule has 0 aliphatic heterocycles. The highest BCUT2D eigenvalue weighted by Gasteiger charge is 2.32. The lowest BCUT2D eigenvalue weighted by molar-refractivity contribution is 0.000474. The third kappa shape index (κ3) is 2.99. The molecule has 3 nitrogen and oxygen atoms in total. The highest BCUT2D eigenvalue weighted by molar-refractivity contribution is 5.34. The van der Waals surface area contributed by atoms with Crippen molar-refractivity contribution in [3.05, 3.63) is 29.8 Å². The molecule has 94 valence electrons. The zero-order chi connectivity index (χ0) is 12.3. The van der Waals surface area contributed by atoms with E-state index in [0.29, 0.717) is 12.4 Å². The van der Waals surface area contributed by atoms with Gasteiger partial charge in [-0.3, -0.25) is 0 Å². The van der Waals surface area contributed by atoms with Crippen LogP contribution in [0.5, 0.6) is 5.75 Å². The van der Waals surface area contributed by atoms with E-state index in [9.17, 15) is 10.2 Å². The topological polar surface area (TPSA) is 49.7 Å². The number of hydrogen-bond donors (Lipinski definition) is 2. The molecular weight excluding hydrogens is 216 g/mol. The quantitative estimate of drug-likeness (QED) is 0.844. The van der Waals surface area contributed by atoms with Crippen molar-refractivity contribution in [2.24, 2.45) is 0 Å². The van der Waals surface area contributed by atoms with Crippen LogP contribution in [-0.2, 0) is 0 Å². The molecule has 0 spiro atoms. The first-order valence-electron chi connectivity index (χ1n) is 6.23. The lowest BCUT2D eigenvalue weighted by Gasteiger charge is -2.23. The molecule has 17 heavy (non-hydrogen) atoms. The second-order valence-corrected chi connectivity index (χ2v) is 4.93. The first kappa shape index (κ1) is 12.4. The van der Waals surface area contributed by atoms with Crippen LogP contribution in [0.15, 0.2) is 24.3 Å². The summed E-state index contributed by atoms with van der Waals surface area (Å²) in [6.45, 7) is 2.03. The lowest BCUT2D eigenvalue weighted by atomic mass is 10.0. The molecule has 1 saturated carbocycles. The predicted octanol–water partition coefficient (Wildman–Crippen LogP) is 2.42. The van der Waals surface area contributed by atoms with E-state index in [1.54, 1.807) is 6.92 Å². The standard InChI is InChI=1S/C14H20O3/c1-11(15)12-6-2-3-7-13(12)17-10-14(16)8-4-5-9-14/h2-3,6-7,11,15-16H,4-5,8-10H2,1H3/t11-/m1/s1. The molecule has 0 saturated heterocycles. The summed E-state index contributed by atoms with van der Waals surface area (Å²) in [5.74, 6) is 0.669. The number of rotatable bonds is 4. The van der Waals surface area contributed by atoms with Gasteiger partial charge >= 0.3 is 0 Å². The first-order chi connectivity index (χ1) is 8.11. The fourth-order valence-corrected chi connectivity index (χ4v) is 2.35. The average Bonchev–Trinajstić information content (AvgIpc) is 2.74. The van der Waals surface area contributed by atoms with E-state index in [2.05, 4.69) is 0 Å². The Morgan fingerprint density at radius 3 is 2.59 bits per heavy atom. The van der Waals surface area contributed by atoms with Crippen LogP contribution in [0.25, 0.3) is 0 Å². The van der Waals surface area contributed by atoms with Crippen LogP contribution in [0.3, 0.4) is 0 Å². The molecule has 0 heterocycles. The van der Waals surface area contributed by atoms with Gasteiger partial charge in [0.05, 0.1) is 11.7 Å². The van der Waals surface area contributed by atoms with Crippen molar-refractivity contribution >= 4 is 0 Å². The van der Waals surface area contributed by atoms with Gasteiger partial charge in [0.15, 0.2) is 0 Å². The summed E-state index contributed by atoms with van der Waals surface area (Å²) in [6, 6.07) is 7.43. The fourth-order valence-electron chi connectivity index (χ4n) is 2.35. The maximum Gasteiger partial charge on any atom is 0.125 e. The number of aliphatic hydroxyl groups excluding tert-OH is 1. The second-order valence-electron chi connectivity index (χ2n) is 4.93. The van der Waals surface area contributed by atoms with E-state index in [1.807, 2.05) is 24.3 Å². The van der Waals surface area contributed by atoms with Gasteiger partial charge in [-0.1, -0.05) is 31.0 Å². The van der Waals surface area contributed by atoms with Gasteiger partial charge in [0.2, 0.25) is 0 Å². The Hall–Kier alpha value is -1.06. The molecule has 0 amide bonds. The van der Waals surface area contributed by atoms with Crippen LogP contribution in [0.2, 0.25) is 0 Å². The molecule has 3 heteroatoms. The maximum absolute atomic E-state index is 10.2. The van der Waals surface area contributed by atoms with E-state index < -0.39 is 11.7 Å². The van der Waals surface area contributed by atoms with Gasteiger partial charge < -0.3 is 14.9 Å². The molecule has 0 bridgehead atoms. The maximum atomic E-state index is 10.2. The highest BCUT2D eigenvalue weighted by atomic mass is 16.5. The van der Waals surface area contributed by atoms with E-state index in [-0.39, 0.29) is 0 Å². The fraction of sp³-hybridized carbons (Fsp3) is 0.571. The molecular formula is C14H20O3. The SMILES string of the molecule is C[C@@H](O)c1ccccc1OCC1(O)CCCC1. The Morgan fingerprint density at radius 2 is 1.94 bits per heavy atom. The summed E-state index contributed by atoms with van der Waals surface area (Å²) in [4.78, 5) is 0. The van der Waals surface area contributed by atoms with Gasteiger partial charge in [-0.2, -0.15) is 0 Å². The van der Waals surface area contributed by atoms with Crippen LogP contribution < -0.4 is 4.74 Å². The minimum Gasteiger partial charge on any atom is -0.490 e. The molecule has 1 aliphatic rings. The summed E-state index contributed by atoms with van der Waals surface area (Å²) in [7, 11) is 0. The number of hydrogen-bond acceptors (Lipinski definition) is 3. The van der Waals surface area contributed by atoms with Crippen molar-refractivity contribution < 1.29 is 14.9 Å².